The molecule has 0 aliphatic heterocycles. The molecule has 0 heterocycles. The lowest BCUT2D eigenvalue weighted by atomic mass is 10.2. The lowest BCUT2D eigenvalue weighted by molar-refractivity contribution is -0.413. The van der Waals surface area contributed by atoms with Gasteiger partial charge >= 0.3 is 0 Å². The van der Waals surface area contributed by atoms with Crippen molar-refractivity contribution in [1.29, 1.82) is 0 Å². The maximum absolute atomic E-state index is 10.3. The van der Waals surface area contributed by atoms with Crippen molar-refractivity contribution in [1.82, 2.24) is 0 Å². The Labute approximate surface area is 72.4 Å². The third-order valence-corrected chi connectivity index (χ3v) is 2.93. The normalized spacial score (nSPS) is 32.0. The third-order valence-electron chi connectivity index (χ3n) is 1.56. The quantitative estimate of drug-likeness (QED) is 0.455. The van der Waals surface area contributed by atoms with E-state index in [-0.39, 0.29) is 9.97 Å². The molecule has 0 saturated carbocycles. The summed E-state index contributed by atoms with van der Waals surface area (Å²) in [6, 6.07) is 0.202. The maximum Gasteiger partial charge on any atom is 0.104 e. The first-order valence-electron chi connectivity index (χ1n) is 3.00. The van der Waals surface area contributed by atoms with Crippen LogP contribution >= 0.6 is 22.6 Å². The second-order valence-corrected chi connectivity index (χ2v) is 3.83. The predicted octanol–water partition coefficient (Wildman–Crippen LogP) is -1.52. The minimum atomic E-state index is -1.05. The van der Waals surface area contributed by atoms with Crippen molar-refractivity contribution < 1.29 is 15.6 Å². The van der Waals surface area contributed by atoms with Gasteiger partial charge in [-0.3, -0.25) is 0 Å². The van der Waals surface area contributed by atoms with Crippen LogP contribution in [0.3, 0.4) is 0 Å². The summed E-state index contributed by atoms with van der Waals surface area (Å²) in [4.78, 5) is 10.3. The van der Waals surface area contributed by atoms with Crippen LogP contribution in [-0.2, 0) is 4.79 Å². The van der Waals surface area contributed by atoms with Crippen LogP contribution in [0.5, 0.6) is 0 Å². The van der Waals surface area contributed by atoms with E-state index in [2.05, 4.69) is 28.3 Å². The predicted molar refractivity (Wildman–Crippen MR) is 42.2 cm³/mol. The highest BCUT2D eigenvalue weighted by atomic mass is 127. The van der Waals surface area contributed by atoms with Crippen LogP contribution < -0.4 is 10.8 Å². The summed E-state index contributed by atoms with van der Waals surface area (Å²) in [5, 5.41) is 10.3. The molecule has 0 amide bonds. The van der Waals surface area contributed by atoms with Crippen molar-refractivity contribution in [3.63, 3.8) is 0 Å². The molecule has 56 valence electrons. The number of aliphatic carboxylic acids is 1. The van der Waals surface area contributed by atoms with Gasteiger partial charge in [0.25, 0.3) is 0 Å². The van der Waals surface area contributed by atoms with Crippen molar-refractivity contribution in [3.05, 3.63) is 11.6 Å². The van der Waals surface area contributed by atoms with Crippen LogP contribution in [-0.4, -0.2) is 15.9 Å². The molecule has 0 fully saturated rings. The van der Waals surface area contributed by atoms with E-state index in [1.807, 2.05) is 0 Å². The number of alkyl halides is 1. The number of carbonyl (C=O) groups is 1. The van der Waals surface area contributed by atoms with E-state index in [4.69, 9.17) is 0 Å². The molecule has 0 unspecified atom stereocenters. The fourth-order valence-corrected chi connectivity index (χ4v) is 1.63. The monoisotopic (exact) mass is 253 g/mol. The summed E-state index contributed by atoms with van der Waals surface area (Å²) in [6.07, 6.45) is 2.27. The van der Waals surface area contributed by atoms with Gasteiger partial charge < -0.3 is 15.6 Å². The number of hydrogen-bond donors (Lipinski definition) is 1. The molecule has 1 aliphatic carbocycles. The van der Waals surface area contributed by atoms with Gasteiger partial charge in [-0.25, -0.2) is 0 Å². The van der Waals surface area contributed by atoms with Crippen LogP contribution in [0, 0.1) is 0 Å². The topological polar surface area (TPSA) is 67.8 Å². The first-order chi connectivity index (χ1) is 4.61. The highest BCUT2D eigenvalue weighted by molar-refractivity contribution is 14.1. The lowest BCUT2D eigenvalue weighted by Gasteiger charge is -2.02. The molecule has 10 heavy (non-hydrogen) atoms. The van der Waals surface area contributed by atoms with Gasteiger partial charge in [0.05, 0.1) is 9.89 Å². The summed E-state index contributed by atoms with van der Waals surface area (Å²) in [5.41, 5.74) is 4.20. The molecule has 3 nitrogen and oxygen atoms in total. The summed E-state index contributed by atoms with van der Waals surface area (Å²) in [5.74, 6) is -1.05. The maximum atomic E-state index is 10.3. The Kier molecular flexibility index (Phi) is 2.30. The van der Waals surface area contributed by atoms with E-state index in [1.54, 1.807) is 6.08 Å². The van der Waals surface area contributed by atoms with E-state index in [0.29, 0.717) is 12.0 Å². The van der Waals surface area contributed by atoms with Gasteiger partial charge in [-0.05, 0) is 5.57 Å². The fourth-order valence-electron chi connectivity index (χ4n) is 0.943. The smallest absolute Gasteiger partial charge is 0.104 e. The van der Waals surface area contributed by atoms with E-state index < -0.39 is 5.97 Å². The van der Waals surface area contributed by atoms with Crippen LogP contribution in [0.1, 0.15) is 6.42 Å². The Morgan fingerprint density at radius 2 is 2.50 bits per heavy atom. The largest absolute Gasteiger partial charge is 0.545 e. The minimum Gasteiger partial charge on any atom is -0.545 e. The summed E-state index contributed by atoms with van der Waals surface area (Å²) in [7, 11) is 0. The van der Waals surface area contributed by atoms with E-state index in [1.165, 1.54) is 0 Å². The fraction of sp³-hybridized carbons (Fsp3) is 0.500. The molecule has 1 aliphatic rings. The Balaban J connectivity index is 2.67. The summed E-state index contributed by atoms with van der Waals surface area (Å²) in [6.45, 7) is 0. The molecule has 0 saturated heterocycles. The van der Waals surface area contributed by atoms with Crippen LogP contribution in [0.4, 0.5) is 0 Å². The standard InChI is InChI=1S/C6H8INO2/c7-4-1-3(6(9)10)2-5(4)8/h1,4-5H,2,8H2,(H,9,10)/t4-,5-/m0/s1. The molecule has 0 spiro atoms. The van der Waals surface area contributed by atoms with E-state index in [9.17, 15) is 9.90 Å². The second-order valence-electron chi connectivity index (χ2n) is 2.39. The van der Waals surface area contributed by atoms with Gasteiger partial charge in [-0.1, -0.05) is 28.7 Å². The second kappa shape index (κ2) is 2.87. The molecular formula is C6H8INO2. The average Bonchev–Trinajstić information content (AvgIpc) is 2.13. The third kappa shape index (κ3) is 1.49. The zero-order valence-corrected chi connectivity index (χ0v) is 7.50. The van der Waals surface area contributed by atoms with Crippen LogP contribution in [0.15, 0.2) is 11.6 Å². The number of quaternary nitrogens is 1. The molecule has 0 radical (unpaired) electrons. The number of carboxylic acid groups (broad SMARTS) is 1. The molecule has 0 bridgehead atoms. The van der Waals surface area contributed by atoms with Crippen LogP contribution in [0.25, 0.3) is 0 Å². The van der Waals surface area contributed by atoms with Crippen molar-refractivity contribution >= 4 is 28.6 Å². The molecule has 2 atom stereocenters. The Morgan fingerprint density at radius 1 is 1.90 bits per heavy atom. The number of carboxylic acids is 1. The molecular weight excluding hydrogens is 245 g/mol. The average molecular weight is 253 g/mol. The van der Waals surface area contributed by atoms with Crippen molar-refractivity contribution in [2.75, 3.05) is 0 Å². The molecule has 0 aromatic carbocycles. The number of hydrogen-bond acceptors (Lipinski definition) is 2. The van der Waals surface area contributed by atoms with E-state index in [0.717, 1.165) is 0 Å². The molecule has 0 aromatic heterocycles. The van der Waals surface area contributed by atoms with Gasteiger partial charge in [-0.15, -0.1) is 0 Å². The zero-order chi connectivity index (χ0) is 7.72. The van der Waals surface area contributed by atoms with Crippen molar-refractivity contribution in [3.8, 4) is 0 Å². The van der Waals surface area contributed by atoms with Crippen molar-refractivity contribution in [2.45, 2.75) is 16.4 Å². The number of halogens is 1. The minimum absolute atomic E-state index is 0.202. The van der Waals surface area contributed by atoms with Gasteiger partial charge in [0.1, 0.15) is 6.04 Å². The highest BCUT2D eigenvalue weighted by Gasteiger charge is 2.24. The lowest BCUT2D eigenvalue weighted by Crippen LogP contribution is -2.63. The first kappa shape index (κ1) is 8.00. The molecule has 1 rings (SSSR count). The SMILES string of the molecule is [NH3+][C@H]1CC(C(=O)[O-])=C[C@@H]1I. The van der Waals surface area contributed by atoms with Gasteiger partial charge in [-0.2, -0.15) is 0 Å². The first-order valence-corrected chi connectivity index (χ1v) is 4.25. The highest BCUT2D eigenvalue weighted by Crippen LogP contribution is 2.21. The van der Waals surface area contributed by atoms with Gasteiger partial charge in [0.15, 0.2) is 0 Å². The summed E-state index contributed by atoms with van der Waals surface area (Å²) < 4.78 is 0.255. The van der Waals surface area contributed by atoms with Gasteiger partial charge in [0.2, 0.25) is 0 Å². The van der Waals surface area contributed by atoms with Crippen LogP contribution in [0.2, 0.25) is 0 Å². The van der Waals surface area contributed by atoms with E-state index >= 15 is 0 Å². The molecule has 4 heteroatoms. The number of carbonyl (C=O) groups excluding carboxylic acids is 1. The molecule has 0 aromatic rings. The molecule has 3 N–H and O–H groups in total. The van der Waals surface area contributed by atoms with Gasteiger partial charge in [0, 0.05) is 6.42 Å². The zero-order valence-electron chi connectivity index (χ0n) is 5.34. The Bertz CT molecular complexity index is 190. The summed E-state index contributed by atoms with van der Waals surface area (Å²) >= 11 is 2.18. The number of rotatable bonds is 1. The van der Waals surface area contributed by atoms with Crippen molar-refractivity contribution in [2.24, 2.45) is 0 Å². The Hall–Kier alpha value is -0.100. The Morgan fingerprint density at radius 3 is 2.70 bits per heavy atom.